The molecule has 1 aromatic carbocycles. The van der Waals surface area contributed by atoms with E-state index in [2.05, 4.69) is 10.1 Å². The first-order valence-electron chi connectivity index (χ1n) is 8.50. The first-order chi connectivity index (χ1) is 12.1. The van der Waals surface area contributed by atoms with Crippen molar-refractivity contribution < 1.29 is 9.32 Å². The van der Waals surface area contributed by atoms with Gasteiger partial charge in [0.1, 0.15) is 6.26 Å². The van der Waals surface area contributed by atoms with Crippen LogP contribution < -0.4 is 5.69 Å². The van der Waals surface area contributed by atoms with E-state index in [1.54, 1.807) is 41.0 Å². The van der Waals surface area contributed by atoms with E-state index in [-0.39, 0.29) is 17.6 Å². The van der Waals surface area contributed by atoms with Gasteiger partial charge in [-0.1, -0.05) is 12.1 Å². The molecule has 7 nitrogen and oxygen atoms in total. The average Bonchev–Trinajstić information content (AvgIpc) is 3.24. The van der Waals surface area contributed by atoms with Gasteiger partial charge < -0.3 is 14.4 Å². The Labute approximate surface area is 144 Å². The zero-order valence-electron chi connectivity index (χ0n) is 14.3. The number of hydrogen-bond donors (Lipinski definition) is 1. The molecule has 2 heterocycles. The molecule has 1 N–H and O–H groups in total. The number of nitrogens with one attached hydrogen (secondary N) is 1. The number of hydrogen-bond acceptors (Lipinski definition) is 4. The standard InChI is InChI=1S/C18H20N4O3/c1-3-14-12(10-25-20-14)9-21(2)17(23)11-4-7-15-16(8-11)22(13-5-6-13)18(24)19-15/h4,7-8,10,13H,3,5-6,9H2,1-2H3,(H,19,24). The fourth-order valence-corrected chi connectivity index (χ4v) is 3.20. The number of benzene rings is 1. The van der Waals surface area contributed by atoms with Crippen LogP contribution >= 0.6 is 0 Å². The van der Waals surface area contributed by atoms with Gasteiger partial charge in [0.05, 0.1) is 23.3 Å². The second-order valence-electron chi connectivity index (χ2n) is 6.56. The van der Waals surface area contributed by atoms with Gasteiger partial charge in [0.2, 0.25) is 0 Å². The largest absolute Gasteiger partial charge is 0.364 e. The number of aromatic amines is 1. The summed E-state index contributed by atoms with van der Waals surface area (Å²) in [5.74, 6) is -0.0962. The van der Waals surface area contributed by atoms with Crippen molar-refractivity contribution in [1.82, 2.24) is 19.6 Å². The smallest absolute Gasteiger partial charge is 0.326 e. The van der Waals surface area contributed by atoms with Gasteiger partial charge in [-0.3, -0.25) is 9.36 Å². The molecule has 1 saturated carbocycles. The molecule has 0 spiro atoms. The van der Waals surface area contributed by atoms with E-state index in [1.807, 2.05) is 6.92 Å². The molecule has 0 atom stereocenters. The van der Waals surface area contributed by atoms with E-state index < -0.39 is 0 Å². The summed E-state index contributed by atoms with van der Waals surface area (Å²) >= 11 is 0. The average molecular weight is 340 g/mol. The van der Waals surface area contributed by atoms with Gasteiger partial charge in [-0.15, -0.1) is 0 Å². The highest BCUT2D eigenvalue weighted by Gasteiger charge is 2.27. The fourth-order valence-electron chi connectivity index (χ4n) is 3.20. The van der Waals surface area contributed by atoms with Crippen LogP contribution in [-0.2, 0) is 13.0 Å². The van der Waals surface area contributed by atoms with E-state index >= 15 is 0 Å². The van der Waals surface area contributed by atoms with Crippen LogP contribution in [-0.4, -0.2) is 32.6 Å². The van der Waals surface area contributed by atoms with Crippen LogP contribution in [0.1, 0.15) is 47.4 Å². The molecule has 4 rings (SSSR count). The molecule has 7 heteroatoms. The highest BCUT2D eigenvalue weighted by Crippen LogP contribution is 2.35. The van der Waals surface area contributed by atoms with Crippen LogP contribution in [0.25, 0.3) is 11.0 Å². The van der Waals surface area contributed by atoms with E-state index in [0.29, 0.717) is 12.1 Å². The zero-order chi connectivity index (χ0) is 17.6. The number of amides is 1. The van der Waals surface area contributed by atoms with E-state index in [0.717, 1.165) is 41.6 Å². The number of nitrogens with zero attached hydrogens (tertiary/aromatic N) is 3. The van der Waals surface area contributed by atoms with Gasteiger partial charge in [-0.25, -0.2) is 4.79 Å². The van der Waals surface area contributed by atoms with Gasteiger partial charge in [0.25, 0.3) is 5.91 Å². The second-order valence-corrected chi connectivity index (χ2v) is 6.56. The lowest BCUT2D eigenvalue weighted by Crippen LogP contribution is -2.26. The Hall–Kier alpha value is -2.83. The maximum absolute atomic E-state index is 12.8. The monoisotopic (exact) mass is 340 g/mol. The Balaban J connectivity index is 1.63. The molecule has 1 fully saturated rings. The summed E-state index contributed by atoms with van der Waals surface area (Å²) < 4.78 is 6.77. The highest BCUT2D eigenvalue weighted by atomic mass is 16.5. The Morgan fingerprint density at radius 2 is 2.24 bits per heavy atom. The van der Waals surface area contributed by atoms with Crippen molar-refractivity contribution in [3.63, 3.8) is 0 Å². The molecule has 25 heavy (non-hydrogen) atoms. The predicted molar refractivity (Wildman–Crippen MR) is 92.5 cm³/mol. The summed E-state index contributed by atoms with van der Waals surface area (Å²) in [6.45, 7) is 2.44. The van der Waals surface area contributed by atoms with Crippen molar-refractivity contribution in [2.75, 3.05) is 7.05 Å². The lowest BCUT2D eigenvalue weighted by Gasteiger charge is -2.17. The fraction of sp³-hybridized carbons (Fsp3) is 0.389. The molecular formula is C18H20N4O3. The van der Waals surface area contributed by atoms with Gasteiger partial charge >= 0.3 is 5.69 Å². The van der Waals surface area contributed by atoms with Crippen LogP contribution in [0, 0.1) is 0 Å². The molecule has 1 aliphatic carbocycles. The number of fused-ring (bicyclic) bond motifs is 1. The lowest BCUT2D eigenvalue weighted by atomic mass is 10.1. The summed E-state index contributed by atoms with van der Waals surface area (Å²) in [5, 5.41) is 3.95. The third kappa shape index (κ3) is 2.75. The van der Waals surface area contributed by atoms with Gasteiger partial charge in [-0.2, -0.15) is 0 Å². The third-order valence-corrected chi connectivity index (χ3v) is 4.69. The first kappa shape index (κ1) is 15.7. The Morgan fingerprint density at radius 1 is 1.44 bits per heavy atom. The van der Waals surface area contributed by atoms with Crippen molar-refractivity contribution in [3.8, 4) is 0 Å². The molecule has 0 saturated heterocycles. The minimum absolute atomic E-state index is 0.0962. The molecular weight excluding hydrogens is 320 g/mol. The normalized spacial score (nSPS) is 14.2. The summed E-state index contributed by atoms with van der Waals surface area (Å²) in [4.78, 5) is 29.4. The van der Waals surface area contributed by atoms with Crippen LogP contribution in [0.3, 0.4) is 0 Å². The number of aryl methyl sites for hydroxylation is 1. The quantitative estimate of drug-likeness (QED) is 0.773. The Bertz CT molecular complexity index is 993. The molecule has 1 aliphatic rings. The van der Waals surface area contributed by atoms with Crippen LogP contribution in [0.15, 0.2) is 33.8 Å². The second kappa shape index (κ2) is 5.91. The molecule has 0 aliphatic heterocycles. The molecule has 0 radical (unpaired) electrons. The van der Waals surface area contributed by atoms with Crippen molar-refractivity contribution >= 4 is 16.9 Å². The van der Waals surface area contributed by atoms with Crippen LogP contribution in [0.5, 0.6) is 0 Å². The summed E-state index contributed by atoms with van der Waals surface area (Å²) in [6, 6.07) is 5.61. The zero-order valence-corrected chi connectivity index (χ0v) is 14.3. The number of aromatic nitrogens is 3. The molecule has 2 aromatic heterocycles. The van der Waals surface area contributed by atoms with Crippen molar-refractivity contribution in [1.29, 1.82) is 0 Å². The number of carbonyl (C=O) groups excluding carboxylic acids is 1. The molecule has 130 valence electrons. The minimum Gasteiger partial charge on any atom is -0.364 e. The van der Waals surface area contributed by atoms with Gasteiger partial charge in [0, 0.05) is 24.2 Å². The number of H-pyrrole nitrogens is 1. The summed E-state index contributed by atoms with van der Waals surface area (Å²) in [5.41, 5.74) is 3.80. The predicted octanol–water partition coefficient (Wildman–Crippen LogP) is 2.49. The summed E-state index contributed by atoms with van der Waals surface area (Å²) in [7, 11) is 1.75. The number of rotatable bonds is 5. The highest BCUT2D eigenvalue weighted by molar-refractivity contribution is 5.97. The topological polar surface area (TPSA) is 84.1 Å². The van der Waals surface area contributed by atoms with Crippen LogP contribution in [0.2, 0.25) is 0 Å². The molecule has 1 amide bonds. The number of carbonyl (C=O) groups is 1. The Morgan fingerprint density at radius 3 is 2.96 bits per heavy atom. The first-order valence-corrected chi connectivity index (χ1v) is 8.50. The van der Waals surface area contributed by atoms with Crippen molar-refractivity contribution in [2.45, 2.75) is 38.8 Å². The van der Waals surface area contributed by atoms with E-state index in [4.69, 9.17) is 4.52 Å². The molecule has 0 unspecified atom stereocenters. The van der Waals surface area contributed by atoms with Gasteiger partial charge in [0.15, 0.2) is 0 Å². The van der Waals surface area contributed by atoms with Crippen molar-refractivity contribution in [3.05, 3.63) is 51.8 Å². The lowest BCUT2D eigenvalue weighted by molar-refractivity contribution is 0.0785. The van der Waals surface area contributed by atoms with Crippen molar-refractivity contribution in [2.24, 2.45) is 0 Å². The summed E-state index contributed by atoms with van der Waals surface area (Å²) in [6.07, 6.45) is 4.37. The maximum atomic E-state index is 12.8. The van der Waals surface area contributed by atoms with Gasteiger partial charge in [-0.05, 0) is 37.5 Å². The maximum Gasteiger partial charge on any atom is 0.326 e. The van der Waals surface area contributed by atoms with E-state index in [1.165, 1.54) is 0 Å². The number of imidazole rings is 1. The third-order valence-electron chi connectivity index (χ3n) is 4.69. The van der Waals surface area contributed by atoms with Crippen LogP contribution in [0.4, 0.5) is 0 Å². The SMILES string of the molecule is CCc1nocc1CN(C)C(=O)c1ccc2[nH]c(=O)n(C3CC3)c2c1. The minimum atomic E-state index is -0.104. The Kier molecular flexibility index (Phi) is 3.71. The molecule has 0 bridgehead atoms. The van der Waals surface area contributed by atoms with E-state index in [9.17, 15) is 9.59 Å². The molecule has 3 aromatic rings.